The van der Waals surface area contributed by atoms with Crippen LogP contribution in [0.4, 0.5) is 10.1 Å². The Morgan fingerprint density at radius 2 is 1.83 bits per heavy atom. The summed E-state index contributed by atoms with van der Waals surface area (Å²) in [6.45, 7) is 2.75. The van der Waals surface area contributed by atoms with E-state index in [1.807, 2.05) is 11.0 Å². The number of halogens is 1. The molecule has 2 aliphatic heterocycles. The van der Waals surface area contributed by atoms with Gasteiger partial charge in [0.2, 0.25) is 11.8 Å². The number of hydrogen-bond acceptors (Lipinski definition) is 5. The quantitative estimate of drug-likeness (QED) is 0.742. The molecule has 1 aliphatic carbocycles. The summed E-state index contributed by atoms with van der Waals surface area (Å²) in [5.74, 6) is 0.149. The molecule has 4 atom stereocenters. The van der Waals surface area contributed by atoms with Crippen molar-refractivity contribution in [2.45, 2.75) is 31.6 Å². The molecule has 4 unspecified atom stereocenters. The molecule has 3 fully saturated rings. The van der Waals surface area contributed by atoms with Crippen molar-refractivity contribution in [1.29, 1.82) is 5.26 Å². The molecular weight excluding hydrogens is 389 g/mol. The van der Waals surface area contributed by atoms with E-state index in [0.29, 0.717) is 36.2 Å². The number of nitriles is 1. The number of anilines is 1. The summed E-state index contributed by atoms with van der Waals surface area (Å²) in [4.78, 5) is 39.2. The highest BCUT2D eigenvalue weighted by atomic mass is 19.1. The molecule has 1 aromatic carbocycles. The Kier molecular flexibility index (Phi) is 5.43. The van der Waals surface area contributed by atoms with Gasteiger partial charge in [0, 0.05) is 43.7 Å². The van der Waals surface area contributed by atoms with Crippen LogP contribution in [0.25, 0.3) is 0 Å². The molecule has 0 radical (unpaired) electrons. The Labute approximate surface area is 174 Å². The highest BCUT2D eigenvalue weighted by Crippen LogP contribution is 2.45. The monoisotopic (exact) mass is 413 g/mol. The molecule has 1 aromatic rings. The van der Waals surface area contributed by atoms with Crippen molar-refractivity contribution in [3.63, 3.8) is 0 Å². The van der Waals surface area contributed by atoms with Gasteiger partial charge in [-0.1, -0.05) is 0 Å². The first-order valence-corrected chi connectivity index (χ1v) is 10.1. The molecule has 8 nitrogen and oxygen atoms in total. The van der Waals surface area contributed by atoms with Crippen molar-refractivity contribution in [2.24, 2.45) is 11.8 Å². The zero-order chi connectivity index (χ0) is 21.4. The number of fused-ring (bicyclic) bond motifs is 1. The molecule has 1 saturated carbocycles. The lowest BCUT2D eigenvalue weighted by Gasteiger charge is -2.22. The van der Waals surface area contributed by atoms with Crippen molar-refractivity contribution in [3.8, 4) is 6.07 Å². The molecule has 2 N–H and O–H groups in total. The lowest BCUT2D eigenvalue weighted by atomic mass is 10.1. The topological polar surface area (TPSA) is 106 Å². The second kappa shape index (κ2) is 8.03. The van der Waals surface area contributed by atoms with E-state index in [2.05, 4.69) is 10.6 Å². The molecule has 2 heterocycles. The van der Waals surface area contributed by atoms with E-state index in [4.69, 9.17) is 5.26 Å². The minimum atomic E-state index is -1.13. The zero-order valence-corrected chi connectivity index (χ0v) is 16.7. The molecule has 0 bridgehead atoms. The Balaban J connectivity index is 1.24. The minimum Gasteiger partial charge on any atom is -0.338 e. The van der Waals surface area contributed by atoms with Gasteiger partial charge in [-0.25, -0.2) is 4.39 Å². The van der Waals surface area contributed by atoms with Crippen LogP contribution in [0.15, 0.2) is 24.3 Å². The molecule has 4 rings (SSSR count). The number of likely N-dealkylation sites (tertiary alicyclic amines) is 2. The number of carbonyl (C=O) groups excluding carboxylic acids is 3. The largest absolute Gasteiger partial charge is 0.338 e. The van der Waals surface area contributed by atoms with Crippen LogP contribution in [-0.4, -0.2) is 72.0 Å². The van der Waals surface area contributed by atoms with Crippen LogP contribution in [0.2, 0.25) is 0 Å². The maximum atomic E-state index is 13.5. The highest BCUT2D eigenvalue weighted by molar-refractivity contribution is 5.95. The molecule has 0 aromatic heterocycles. The summed E-state index contributed by atoms with van der Waals surface area (Å²) in [6.07, 6.45) is -1.05. The number of benzene rings is 1. The van der Waals surface area contributed by atoms with Crippen LogP contribution in [-0.2, 0) is 9.59 Å². The number of hydrogen-bond donors (Lipinski definition) is 2. The van der Waals surface area contributed by atoms with Gasteiger partial charge in [-0.05, 0) is 36.1 Å². The predicted octanol–water partition coefficient (Wildman–Crippen LogP) is 0.768. The van der Waals surface area contributed by atoms with Crippen molar-refractivity contribution in [2.75, 3.05) is 31.5 Å². The number of rotatable bonds is 5. The summed E-state index contributed by atoms with van der Waals surface area (Å²) in [5.41, 5.74) is 1.22. The Bertz CT molecular complexity index is 887. The molecule has 30 heavy (non-hydrogen) atoms. The normalized spacial score (nSPS) is 29.3. The number of amides is 3. The van der Waals surface area contributed by atoms with Crippen LogP contribution < -0.4 is 10.6 Å². The second-order valence-electron chi connectivity index (χ2n) is 8.23. The number of piperidine rings is 1. The van der Waals surface area contributed by atoms with Crippen molar-refractivity contribution >= 4 is 23.4 Å². The SMILES string of the molecule is CC(=O)Nc1ccc(C(=O)N2CC3C(C2)C3NCC(=O)N2CC(F)CC2C#N)cc1. The summed E-state index contributed by atoms with van der Waals surface area (Å²) in [6, 6.07) is 8.29. The third-order valence-electron chi connectivity index (χ3n) is 6.14. The molecule has 9 heteroatoms. The Hall–Kier alpha value is -2.99. The van der Waals surface area contributed by atoms with Crippen molar-refractivity contribution in [3.05, 3.63) is 29.8 Å². The second-order valence-corrected chi connectivity index (χ2v) is 8.23. The highest BCUT2D eigenvalue weighted by Gasteiger charge is 2.56. The van der Waals surface area contributed by atoms with Gasteiger partial charge < -0.3 is 20.4 Å². The van der Waals surface area contributed by atoms with E-state index in [-0.39, 0.29) is 43.3 Å². The molecule has 0 spiro atoms. The standard InChI is InChI=1S/C21H24FN5O3/c1-12(28)25-15-4-2-13(3-5-15)21(30)26-10-17-18(11-26)20(17)24-8-19(29)27-9-14(22)6-16(27)7-23/h2-5,14,16-18,20,24H,6,8-11H2,1H3,(H,25,28). The summed E-state index contributed by atoms with van der Waals surface area (Å²) >= 11 is 0. The van der Waals surface area contributed by atoms with E-state index in [1.165, 1.54) is 11.8 Å². The molecular formula is C21H24FN5O3. The fourth-order valence-electron chi connectivity index (χ4n) is 4.57. The van der Waals surface area contributed by atoms with Gasteiger partial charge in [-0.2, -0.15) is 5.26 Å². The van der Waals surface area contributed by atoms with E-state index in [1.54, 1.807) is 24.3 Å². The first-order chi connectivity index (χ1) is 14.4. The summed E-state index contributed by atoms with van der Waals surface area (Å²) in [5, 5.41) is 15.0. The Morgan fingerprint density at radius 1 is 1.17 bits per heavy atom. The molecule has 2 saturated heterocycles. The average molecular weight is 413 g/mol. The van der Waals surface area contributed by atoms with E-state index in [9.17, 15) is 18.8 Å². The van der Waals surface area contributed by atoms with Gasteiger partial charge >= 0.3 is 0 Å². The van der Waals surface area contributed by atoms with Gasteiger partial charge in [0.25, 0.3) is 5.91 Å². The number of alkyl halides is 1. The van der Waals surface area contributed by atoms with E-state index >= 15 is 0 Å². The zero-order valence-electron chi connectivity index (χ0n) is 16.7. The summed E-state index contributed by atoms with van der Waals surface area (Å²) in [7, 11) is 0. The third-order valence-corrected chi connectivity index (χ3v) is 6.14. The maximum Gasteiger partial charge on any atom is 0.253 e. The average Bonchev–Trinajstić information content (AvgIpc) is 3.05. The molecule has 3 aliphatic rings. The van der Waals surface area contributed by atoms with Crippen molar-refractivity contribution < 1.29 is 18.8 Å². The van der Waals surface area contributed by atoms with Crippen LogP contribution in [0.5, 0.6) is 0 Å². The summed E-state index contributed by atoms with van der Waals surface area (Å²) < 4.78 is 13.5. The van der Waals surface area contributed by atoms with Crippen molar-refractivity contribution in [1.82, 2.24) is 15.1 Å². The molecule has 3 amide bonds. The van der Waals surface area contributed by atoms with Crippen LogP contribution in [0, 0.1) is 23.2 Å². The number of nitrogens with zero attached hydrogens (tertiary/aromatic N) is 3. The number of nitrogens with one attached hydrogen (secondary N) is 2. The van der Waals surface area contributed by atoms with Gasteiger partial charge in [0.15, 0.2) is 0 Å². The van der Waals surface area contributed by atoms with Crippen LogP contribution in [0.3, 0.4) is 0 Å². The fraction of sp³-hybridized carbons (Fsp3) is 0.524. The van der Waals surface area contributed by atoms with Gasteiger partial charge in [-0.15, -0.1) is 0 Å². The van der Waals surface area contributed by atoms with Gasteiger partial charge in [0.1, 0.15) is 12.2 Å². The lowest BCUT2D eigenvalue weighted by Crippen LogP contribution is -2.43. The minimum absolute atomic E-state index is 0.0146. The first kappa shape index (κ1) is 20.3. The van der Waals surface area contributed by atoms with Crippen LogP contribution in [0.1, 0.15) is 23.7 Å². The fourth-order valence-corrected chi connectivity index (χ4v) is 4.57. The lowest BCUT2D eigenvalue weighted by molar-refractivity contribution is -0.130. The predicted molar refractivity (Wildman–Crippen MR) is 106 cm³/mol. The maximum absolute atomic E-state index is 13.5. The first-order valence-electron chi connectivity index (χ1n) is 10.1. The molecule has 158 valence electrons. The van der Waals surface area contributed by atoms with Gasteiger partial charge in [0.05, 0.1) is 19.2 Å². The Morgan fingerprint density at radius 3 is 2.43 bits per heavy atom. The third kappa shape index (κ3) is 4.00. The van der Waals surface area contributed by atoms with E-state index in [0.717, 1.165) is 0 Å². The van der Waals surface area contributed by atoms with Crippen LogP contribution >= 0.6 is 0 Å². The smallest absolute Gasteiger partial charge is 0.253 e. The van der Waals surface area contributed by atoms with E-state index < -0.39 is 12.2 Å². The number of carbonyl (C=O) groups is 3. The van der Waals surface area contributed by atoms with Gasteiger partial charge in [-0.3, -0.25) is 14.4 Å².